The lowest BCUT2D eigenvalue weighted by Gasteiger charge is -2.31. The molecule has 1 heterocycles. The van der Waals surface area contributed by atoms with E-state index in [-0.39, 0.29) is 5.91 Å². The lowest BCUT2D eigenvalue weighted by atomic mass is 10.1. The van der Waals surface area contributed by atoms with E-state index in [0.717, 1.165) is 34.1 Å². The van der Waals surface area contributed by atoms with Crippen molar-refractivity contribution in [1.29, 1.82) is 0 Å². The number of carbonyl (C=O) groups excluding carboxylic acids is 1. The van der Waals surface area contributed by atoms with Crippen LogP contribution in [0.2, 0.25) is 0 Å². The summed E-state index contributed by atoms with van der Waals surface area (Å²) in [7, 11) is 1.65. The first-order valence-corrected chi connectivity index (χ1v) is 10.5. The molecule has 0 aliphatic carbocycles. The standard InChI is InChI=1S/C23H23N3O3S/c1-28-19-7-5-18(6-8-19)26-12-13-29-22-14-17(4-11-21(22)26)23(27)25-15-16-2-9-20(30-24)10-3-16/h2-11,14H,12-13,15,24H2,1H3,(H,25,27). The Morgan fingerprint density at radius 2 is 1.90 bits per heavy atom. The fourth-order valence-corrected chi connectivity index (χ4v) is 3.66. The van der Waals surface area contributed by atoms with Crippen LogP contribution in [0.25, 0.3) is 0 Å². The summed E-state index contributed by atoms with van der Waals surface area (Å²) in [5, 5.41) is 8.49. The molecule has 154 valence electrons. The van der Waals surface area contributed by atoms with Gasteiger partial charge in [0, 0.05) is 22.7 Å². The quantitative estimate of drug-likeness (QED) is 0.583. The number of anilines is 2. The van der Waals surface area contributed by atoms with Gasteiger partial charge < -0.3 is 19.7 Å². The highest BCUT2D eigenvalue weighted by atomic mass is 32.2. The van der Waals surface area contributed by atoms with Crippen LogP contribution in [0.4, 0.5) is 11.4 Å². The van der Waals surface area contributed by atoms with Gasteiger partial charge >= 0.3 is 0 Å². The van der Waals surface area contributed by atoms with Crippen molar-refractivity contribution in [1.82, 2.24) is 5.32 Å². The summed E-state index contributed by atoms with van der Waals surface area (Å²) >= 11 is 1.20. The van der Waals surface area contributed by atoms with E-state index in [1.54, 1.807) is 13.2 Å². The van der Waals surface area contributed by atoms with Crippen LogP contribution in [0.1, 0.15) is 15.9 Å². The van der Waals surface area contributed by atoms with Crippen LogP contribution in [-0.2, 0) is 6.54 Å². The van der Waals surface area contributed by atoms with Crippen LogP contribution in [0.3, 0.4) is 0 Å². The van der Waals surface area contributed by atoms with Crippen molar-refractivity contribution in [3.63, 3.8) is 0 Å². The van der Waals surface area contributed by atoms with Gasteiger partial charge in [0.05, 0.1) is 19.3 Å². The van der Waals surface area contributed by atoms with Gasteiger partial charge in [-0.2, -0.15) is 0 Å². The second-order valence-corrected chi connectivity index (χ2v) is 7.53. The maximum atomic E-state index is 12.6. The highest BCUT2D eigenvalue weighted by Crippen LogP contribution is 2.37. The highest BCUT2D eigenvalue weighted by molar-refractivity contribution is 7.97. The Kier molecular flexibility index (Phi) is 6.11. The summed E-state index contributed by atoms with van der Waals surface area (Å²) < 4.78 is 11.1. The fourth-order valence-electron chi connectivity index (χ4n) is 3.36. The zero-order valence-corrected chi connectivity index (χ0v) is 17.4. The van der Waals surface area contributed by atoms with Crippen molar-refractivity contribution < 1.29 is 14.3 Å². The Morgan fingerprint density at radius 3 is 2.60 bits per heavy atom. The first-order valence-electron chi connectivity index (χ1n) is 9.60. The molecule has 1 aliphatic heterocycles. The molecule has 0 aromatic heterocycles. The Hall–Kier alpha value is -3.16. The van der Waals surface area contributed by atoms with Gasteiger partial charge in [0.1, 0.15) is 18.1 Å². The van der Waals surface area contributed by atoms with Crippen molar-refractivity contribution in [3.8, 4) is 11.5 Å². The van der Waals surface area contributed by atoms with Gasteiger partial charge in [-0.05, 0) is 72.1 Å². The summed E-state index contributed by atoms with van der Waals surface area (Å²) in [6.45, 7) is 1.74. The second-order valence-electron chi connectivity index (χ2n) is 6.83. The Balaban J connectivity index is 1.47. The van der Waals surface area contributed by atoms with E-state index in [1.165, 1.54) is 11.9 Å². The van der Waals surface area contributed by atoms with Crippen molar-refractivity contribution in [2.75, 3.05) is 25.2 Å². The third-order valence-corrected chi connectivity index (χ3v) is 5.53. The molecule has 0 fully saturated rings. The van der Waals surface area contributed by atoms with Crippen molar-refractivity contribution in [2.24, 2.45) is 5.14 Å². The SMILES string of the molecule is COc1ccc(N2CCOc3cc(C(=O)NCc4ccc(SN)cc4)ccc32)cc1. The number of nitrogens with two attached hydrogens (primary N) is 1. The van der Waals surface area contributed by atoms with Gasteiger partial charge in [-0.25, -0.2) is 0 Å². The Labute approximate surface area is 180 Å². The number of benzene rings is 3. The maximum Gasteiger partial charge on any atom is 0.251 e. The van der Waals surface area contributed by atoms with Gasteiger partial charge in [0.2, 0.25) is 0 Å². The van der Waals surface area contributed by atoms with Crippen LogP contribution in [0.15, 0.2) is 71.6 Å². The predicted molar refractivity (Wildman–Crippen MR) is 120 cm³/mol. The summed E-state index contributed by atoms with van der Waals surface area (Å²) in [5.41, 5.74) is 3.58. The monoisotopic (exact) mass is 421 g/mol. The summed E-state index contributed by atoms with van der Waals surface area (Å²) in [5.74, 6) is 1.38. The number of hydrogen-bond acceptors (Lipinski definition) is 6. The number of carbonyl (C=O) groups is 1. The first kappa shape index (κ1) is 20.1. The smallest absolute Gasteiger partial charge is 0.251 e. The van der Waals surface area contributed by atoms with Crippen LogP contribution in [-0.4, -0.2) is 26.2 Å². The topological polar surface area (TPSA) is 76.8 Å². The van der Waals surface area contributed by atoms with E-state index in [4.69, 9.17) is 14.6 Å². The molecule has 0 radical (unpaired) electrons. The maximum absolute atomic E-state index is 12.6. The third-order valence-electron chi connectivity index (χ3n) is 4.98. The number of ether oxygens (including phenoxy) is 2. The molecule has 3 aromatic carbocycles. The highest BCUT2D eigenvalue weighted by Gasteiger charge is 2.21. The summed E-state index contributed by atoms with van der Waals surface area (Å²) in [4.78, 5) is 15.8. The molecule has 6 nitrogen and oxygen atoms in total. The number of hydrogen-bond donors (Lipinski definition) is 2. The van der Waals surface area contributed by atoms with Gasteiger partial charge in [0.25, 0.3) is 5.91 Å². The molecular weight excluding hydrogens is 398 g/mol. The van der Waals surface area contributed by atoms with E-state index >= 15 is 0 Å². The van der Waals surface area contributed by atoms with E-state index in [0.29, 0.717) is 24.5 Å². The number of fused-ring (bicyclic) bond motifs is 1. The lowest BCUT2D eigenvalue weighted by Crippen LogP contribution is -2.29. The van der Waals surface area contributed by atoms with Crippen LogP contribution >= 0.6 is 11.9 Å². The molecule has 0 atom stereocenters. The van der Waals surface area contributed by atoms with E-state index in [9.17, 15) is 4.79 Å². The predicted octanol–water partition coefficient (Wildman–Crippen LogP) is 4.12. The molecule has 1 amide bonds. The largest absolute Gasteiger partial charge is 0.497 e. The number of amides is 1. The molecule has 7 heteroatoms. The van der Waals surface area contributed by atoms with Crippen molar-refractivity contribution >= 4 is 29.2 Å². The molecule has 3 aromatic rings. The summed E-state index contributed by atoms with van der Waals surface area (Å²) in [6.07, 6.45) is 0. The average Bonchev–Trinajstić information content (AvgIpc) is 2.82. The zero-order valence-electron chi connectivity index (χ0n) is 16.6. The van der Waals surface area contributed by atoms with E-state index < -0.39 is 0 Å². The molecule has 0 unspecified atom stereocenters. The van der Waals surface area contributed by atoms with Crippen molar-refractivity contribution in [2.45, 2.75) is 11.4 Å². The fraction of sp³-hybridized carbons (Fsp3) is 0.174. The van der Waals surface area contributed by atoms with Crippen LogP contribution in [0, 0.1) is 0 Å². The number of methoxy groups -OCH3 is 1. The number of rotatable bonds is 6. The molecule has 3 N–H and O–H groups in total. The lowest BCUT2D eigenvalue weighted by molar-refractivity contribution is 0.0950. The number of nitrogens with one attached hydrogen (secondary N) is 1. The van der Waals surface area contributed by atoms with Crippen molar-refractivity contribution in [3.05, 3.63) is 77.9 Å². The van der Waals surface area contributed by atoms with Gasteiger partial charge in [-0.1, -0.05) is 12.1 Å². The minimum absolute atomic E-state index is 0.139. The summed E-state index contributed by atoms with van der Waals surface area (Å²) in [6, 6.07) is 21.3. The minimum Gasteiger partial charge on any atom is -0.497 e. The van der Waals surface area contributed by atoms with Crippen LogP contribution in [0.5, 0.6) is 11.5 Å². The molecule has 30 heavy (non-hydrogen) atoms. The molecule has 0 saturated heterocycles. The Morgan fingerprint density at radius 1 is 1.13 bits per heavy atom. The molecule has 4 rings (SSSR count). The zero-order chi connectivity index (χ0) is 20.9. The molecule has 1 aliphatic rings. The van der Waals surface area contributed by atoms with E-state index in [2.05, 4.69) is 10.2 Å². The molecular formula is C23H23N3O3S. The van der Waals surface area contributed by atoms with Gasteiger partial charge in [-0.15, -0.1) is 0 Å². The third kappa shape index (κ3) is 4.37. The number of nitrogens with zero attached hydrogens (tertiary/aromatic N) is 1. The normalized spacial score (nSPS) is 12.7. The van der Waals surface area contributed by atoms with Crippen LogP contribution < -0.4 is 24.8 Å². The molecule has 0 saturated carbocycles. The first-order chi connectivity index (χ1) is 14.7. The van der Waals surface area contributed by atoms with E-state index in [1.807, 2.05) is 60.7 Å². The molecule has 0 spiro atoms. The minimum atomic E-state index is -0.139. The van der Waals surface area contributed by atoms with Gasteiger partial charge in [0.15, 0.2) is 0 Å². The molecule has 0 bridgehead atoms. The van der Waals surface area contributed by atoms with Gasteiger partial charge in [-0.3, -0.25) is 9.93 Å². The average molecular weight is 422 g/mol. The Bertz CT molecular complexity index is 1020. The second kappa shape index (κ2) is 9.11.